The van der Waals surface area contributed by atoms with E-state index in [9.17, 15) is 14.3 Å². The van der Waals surface area contributed by atoms with Crippen molar-refractivity contribution in [3.05, 3.63) is 29.6 Å². The van der Waals surface area contributed by atoms with Gasteiger partial charge in [0.2, 0.25) is 5.91 Å². The molecule has 1 aromatic rings. The Kier molecular flexibility index (Phi) is 4.60. The van der Waals surface area contributed by atoms with Crippen LogP contribution in [0.1, 0.15) is 37.9 Å². The highest BCUT2D eigenvalue weighted by Gasteiger charge is 2.31. The summed E-state index contributed by atoms with van der Waals surface area (Å²) in [6.07, 6.45) is 1.80. The van der Waals surface area contributed by atoms with Crippen LogP contribution in [0.2, 0.25) is 0 Å². The molecule has 1 amide bonds. The van der Waals surface area contributed by atoms with Gasteiger partial charge in [0.15, 0.2) is 0 Å². The Labute approximate surface area is 118 Å². The van der Waals surface area contributed by atoms with E-state index < -0.39 is 6.10 Å². The first-order valence-corrected chi connectivity index (χ1v) is 7.01. The van der Waals surface area contributed by atoms with Crippen molar-refractivity contribution in [3.8, 4) is 0 Å². The second-order valence-electron chi connectivity index (χ2n) is 5.17. The molecule has 20 heavy (non-hydrogen) atoms. The van der Waals surface area contributed by atoms with Crippen LogP contribution < -0.4 is 10.2 Å². The lowest BCUT2D eigenvalue weighted by Crippen LogP contribution is -2.49. The van der Waals surface area contributed by atoms with Crippen LogP contribution in [0.25, 0.3) is 0 Å². The van der Waals surface area contributed by atoms with Crippen LogP contribution in [-0.4, -0.2) is 30.6 Å². The fraction of sp³-hybridized carbons (Fsp3) is 0.533. The Morgan fingerprint density at radius 2 is 2.25 bits per heavy atom. The third-order valence-corrected chi connectivity index (χ3v) is 3.81. The Morgan fingerprint density at radius 3 is 2.90 bits per heavy atom. The number of hydrogen-bond acceptors (Lipinski definition) is 3. The van der Waals surface area contributed by atoms with Gasteiger partial charge in [-0.25, -0.2) is 4.39 Å². The lowest BCUT2D eigenvalue weighted by atomic mass is 9.97. The van der Waals surface area contributed by atoms with Crippen LogP contribution in [0.3, 0.4) is 0 Å². The third kappa shape index (κ3) is 2.77. The van der Waals surface area contributed by atoms with Gasteiger partial charge in [0.25, 0.3) is 0 Å². The molecule has 2 rings (SSSR count). The van der Waals surface area contributed by atoms with Crippen LogP contribution in [0.15, 0.2) is 18.2 Å². The summed E-state index contributed by atoms with van der Waals surface area (Å²) in [5.41, 5.74) is 0.886. The van der Waals surface area contributed by atoms with Gasteiger partial charge in [0.05, 0.1) is 11.8 Å². The molecule has 1 fully saturated rings. The standard InChI is InChI=1S/C15H21FN2O2/c1-10(19)11-6-5-7-12(16)14(11)18-9-4-3-8-13(18)15(20)17-2/h5-7,10,13,19H,3-4,8-9H2,1-2H3,(H,17,20). The van der Waals surface area contributed by atoms with Gasteiger partial charge in [-0.1, -0.05) is 12.1 Å². The Hall–Kier alpha value is -1.62. The number of aliphatic hydroxyl groups is 1. The molecule has 1 aliphatic heterocycles. The quantitative estimate of drug-likeness (QED) is 0.890. The molecule has 1 aliphatic rings. The maximum Gasteiger partial charge on any atom is 0.242 e. The maximum absolute atomic E-state index is 14.3. The molecule has 1 aromatic carbocycles. The molecule has 0 saturated carbocycles. The predicted molar refractivity (Wildman–Crippen MR) is 76.1 cm³/mol. The van der Waals surface area contributed by atoms with E-state index in [1.807, 2.05) is 0 Å². The van der Waals surface area contributed by atoms with Gasteiger partial charge < -0.3 is 15.3 Å². The second-order valence-corrected chi connectivity index (χ2v) is 5.17. The maximum atomic E-state index is 14.3. The van der Waals surface area contributed by atoms with Crippen molar-refractivity contribution in [2.75, 3.05) is 18.5 Å². The smallest absolute Gasteiger partial charge is 0.242 e. The van der Waals surface area contributed by atoms with Crippen LogP contribution in [0.5, 0.6) is 0 Å². The Bertz CT molecular complexity index is 491. The lowest BCUT2D eigenvalue weighted by molar-refractivity contribution is -0.122. The highest BCUT2D eigenvalue weighted by atomic mass is 19.1. The molecule has 0 radical (unpaired) electrons. The number of piperidine rings is 1. The number of benzene rings is 1. The van der Waals surface area contributed by atoms with Gasteiger partial charge in [-0.3, -0.25) is 4.79 Å². The number of hydrogen-bond donors (Lipinski definition) is 2. The number of nitrogens with one attached hydrogen (secondary N) is 1. The number of aliphatic hydroxyl groups excluding tert-OH is 1. The van der Waals surface area contributed by atoms with Gasteiger partial charge in [-0.15, -0.1) is 0 Å². The molecular weight excluding hydrogens is 259 g/mol. The minimum Gasteiger partial charge on any atom is -0.389 e. The van der Waals surface area contributed by atoms with E-state index in [0.29, 0.717) is 24.2 Å². The first-order valence-electron chi connectivity index (χ1n) is 7.01. The van der Waals surface area contributed by atoms with Crippen molar-refractivity contribution in [1.29, 1.82) is 0 Å². The van der Waals surface area contributed by atoms with Gasteiger partial charge in [-0.05, 0) is 32.3 Å². The second kappa shape index (κ2) is 6.22. The van der Waals surface area contributed by atoms with E-state index in [2.05, 4.69) is 5.32 Å². The minimum absolute atomic E-state index is 0.107. The van der Waals surface area contributed by atoms with E-state index in [4.69, 9.17) is 0 Å². The van der Waals surface area contributed by atoms with E-state index in [1.54, 1.807) is 31.0 Å². The van der Waals surface area contributed by atoms with Gasteiger partial charge >= 0.3 is 0 Å². The molecule has 0 aliphatic carbocycles. The van der Waals surface area contributed by atoms with E-state index >= 15 is 0 Å². The van der Waals surface area contributed by atoms with Crippen LogP contribution in [-0.2, 0) is 4.79 Å². The van der Waals surface area contributed by atoms with Crippen molar-refractivity contribution in [2.45, 2.75) is 38.3 Å². The van der Waals surface area contributed by atoms with Crippen LogP contribution >= 0.6 is 0 Å². The number of para-hydroxylation sites is 1. The SMILES string of the molecule is CNC(=O)C1CCCCN1c1c(F)cccc1C(C)O. The number of likely N-dealkylation sites (N-methyl/N-ethyl adjacent to an activating group) is 1. The number of nitrogens with zero attached hydrogens (tertiary/aromatic N) is 1. The molecule has 0 bridgehead atoms. The first-order chi connectivity index (χ1) is 9.56. The summed E-state index contributed by atoms with van der Waals surface area (Å²) in [4.78, 5) is 13.8. The molecule has 1 saturated heterocycles. The number of carbonyl (C=O) groups excluding carboxylic acids is 1. The third-order valence-electron chi connectivity index (χ3n) is 3.81. The molecule has 110 valence electrons. The molecule has 0 spiro atoms. The summed E-state index contributed by atoms with van der Waals surface area (Å²) >= 11 is 0. The topological polar surface area (TPSA) is 52.6 Å². The molecule has 0 aromatic heterocycles. The summed E-state index contributed by atoms with van der Waals surface area (Å²) in [6.45, 7) is 2.23. The van der Waals surface area contributed by atoms with Crippen molar-refractivity contribution in [1.82, 2.24) is 5.32 Å². The number of halogens is 1. The lowest BCUT2D eigenvalue weighted by Gasteiger charge is -2.37. The zero-order chi connectivity index (χ0) is 14.7. The number of carbonyl (C=O) groups is 1. The van der Waals surface area contributed by atoms with Crippen LogP contribution in [0.4, 0.5) is 10.1 Å². The van der Waals surface area contributed by atoms with E-state index in [-0.39, 0.29) is 17.8 Å². The molecule has 2 unspecified atom stereocenters. The summed E-state index contributed by atoms with van der Waals surface area (Å²) in [5.74, 6) is -0.497. The highest BCUT2D eigenvalue weighted by molar-refractivity contribution is 5.85. The number of amides is 1. The molecular formula is C15H21FN2O2. The average molecular weight is 280 g/mol. The zero-order valence-corrected chi connectivity index (χ0v) is 11.9. The predicted octanol–water partition coefficient (Wildman–Crippen LogP) is 1.98. The zero-order valence-electron chi connectivity index (χ0n) is 11.9. The Balaban J connectivity index is 2.44. The van der Waals surface area contributed by atoms with Gasteiger partial charge in [0, 0.05) is 19.2 Å². The normalized spacial score (nSPS) is 20.6. The minimum atomic E-state index is -0.770. The van der Waals surface area contributed by atoms with E-state index in [1.165, 1.54) is 6.07 Å². The molecule has 2 N–H and O–H groups in total. The summed E-state index contributed by atoms with van der Waals surface area (Å²) in [6, 6.07) is 4.29. The van der Waals surface area contributed by atoms with Crippen molar-refractivity contribution < 1.29 is 14.3 Å². The average Bonchev–Trinajstić information content (AvgIpc) is 2.46. The number of rotatable bonds is 3. The fourth-order valence-corrected chi connectivity index (χ4v) is 2.81. The fourth-order valence-electron chi connectivity index (χ4n) is 2.81. The van der Waals surface area contributed by atoms with E-state index in [0.717, 1.165) is 12.8 Å². The van der Waals surface area contributed by atoms with Gasteiger partial charge in [-0.2, -0.15) is 0 Å². The summed E-state index contributed by atoms with van der Waals surface area (Å²) in [5, 5.41) is 12.5. The largest absolute Gasteiger partial charge is 0.389 e. The van der Waals surface area contributed by atoms with Crippen molar-refractivity contribution in [2.24, 2.45) is 0 Å². The van der Waals surface area contributed by atoms with Gasteiger partial charge in [0.1, 0.15) is 11.9 Å². The Morgan fingerprint density at radius 1 is 1.50 bits per heavy atom. The molecule has 1 heterocycles. The van der Waals surface area contributed by atoms with Crippen LogP contribution in [0, 0.1) is 5.82 Å². The highest BCUT2D eigenvalue weighted by Crippen LogP contribution is 2.33. The number of anilines is 1. The summed E-state index contributed by atoms with van der Waals surface area (Å²) < 4.78 is 14.3. The van der Waals surface area contributed by atoms with Crippen molar-refractivity contribution in [3.63, 3.8) is 0 Å². The monoisotopic (exact) mass is 280 g/mol. The molecule has 5 heteroatoms. The summed E-state index contributed by atoms with van der Waals surface area (Å²) in [7, 11) is 1.59. The first kappa shape index (κ1) is 14.8. The molecule has 4 nitrogen and oxygen atoms in total. The van der Waals surface area contributed by atoms with Crippen molar-refractivity contribution >= 4 is 11.6 Å². The molecule has 2 atom stereocenters.